The molecule has 1 heterocycles. The van der Waals surface area contributed by atoms with Crippen molar-refractivity contribution in [3.05, 3.63) is 29.8 Å². The zero-order valence-corrected chi connectivity index (χ0v) is 19.5. The molecular formula is C22H32F3N3O3S. The third-order valence-electron chi connectivity index (χ3n) is 6.14. The van der Waals surface area contributed by atoms with E-state index < -0.39 is 32.7 Å². The number of amides is 1. The second-order valence-corrected chi connectivity index (χ2v) is 10.9. The van der Waals surface area contributed by atoms with E-state index in [1.807, 2.05) is 13.8 Å². The van der Waals surface area contributed by atoms with Gasteiger partial charge in [-0.15, -0.1) is 0 Å². The summed E-state index contributed by atoms with van der Waals surface area (Å²) in [6, 6.07) is 3.37. The van der Waals surface area contributed by atoms with Crippen LogP contribution in [0.4, 0.5) is 13.2 Å². The van der Waals surface area contributed by atoms with Crippen molar-refractivity contribution in [1.82, 2.24) is 14.5 Å². The highest BCUT2D eigenvalue weighted by Crippen LogP contribution is 2.40. The second-order valence-electron chi connectivity index (χ2n) is 9.09. The molecule has 0 bridgehead atoms. The average molecular weight is 476 g/mol. The van der Waals surface area contributed by atoms with Crippen molar-refractivity contribution in [3.63, 3.8) is 0 Å². The molecule has 1 aliphatic heterocycles. The molecule has 1 aromatic carbocycles. The van der Waals surface area contributed by atoms with Crippen molar-refractivity contribution in [1.29, 1.82) is 0 Å². The summed E-state index contributed by atoms with van der Waals surface area (Å²) >= 11 is 0. The maximum atomic E-state index is 13.5. The summed E-state index contributed by atoms with van der Waals surface area (Å²) in [5, 5.41) is 3.05. The van der Waals surface area contributed by atoms with E-state index in [2.05, 4.69) is 5.32 Å². The lowest BCUT2D eigenvalue weighted by molar-refractivity contribution is -0.140. The molecule has 0 spiro atoms. The highest BCUT2D eigenvalue weighted by Gasteiger charge is 2.47. The van der Waals surface area contributed by atoms with E-state index in [1.165, 1.54) is 16.4 Å². The Morgan fingerprint density at radius 3 is 2.19 bits per heavy atom. The van der Waals surface area contributed by atoms with Crippen LogP contribution in [0.2, 0.25) is 0 Å². The summed E-state index contributed by atoms with van der Waals surface area (Å²) in [7, 11) is -2.58. The van der Waals surface area contributed by atoms with Gasteiger partial charge in [-0.3, -0.25) is 4.79 Å². The molecular weight excluding hydrogens is 443 g/mol. The Morgan fingerprint density at radius 1 is 1.12 bits per heavy atom. The number of nitrogens with zero attached hydrogens (tertiary/aromatic N) is 2. The number of rotatable bonds is 8. The predicted octanol–water partition coefficient (Wildman–Crippen LogP) is 3.48. The van der Waals surface area contributed by atoms with Gasteiger partial charge in [0, 0.05) is 25.2 Å². The Hall–Kier alpha value is -1.65. The minimum absolute atomic E-state index is 0.0112. The van der Waals surface area contributed by atoms with E-state index in [-0.39, 0.29) is 18.0 Å². The van der Waals surface area contributed by atoms with Crippen LogP contribution >= 0.6 is 0 Å². The maximum absolute atomic E-state index is 13.5. The number of hydrogen-bond donors (Lipinski definition) is 1. The Morgan fingerprint density at radius 2 is 1.69 bits per heavy atom. The highest BCUT2D eigenvalue weighted by atomic mass is 32.2. The van der Waals surface area contributed by atoms with E-state index >= 15 is 0 Å². The summed E-state index contributed by atoms with van der Waals surface area (Å²) in [5.41, 5.74) is -1.14. The lowest BCUT2D eigenvalue weighted by Crippen LogP contribution is -2.53. The Labute approximate surface area is 188 Å². The lowest BCUT2D eigenvalue weighted by Gasteiger charge is -2.39. The quantitative estimate of drug-likeness (QED) is 0.625. The third-order valence-corrected chi connectivity index (χ3v) is 8.21. The van der Waals surface area contributed by atoms with Crippen LogP contribution in [0.1, 0.15) is 51.5 Å². The van der Waals surface area contributed by atoms with E-state index in [0.29, 0.717) is 51.1 Å². The average Bonchev–Trinajstić information content (AvgIpc) is 3.56. The summed E-state index contributed by atoms with van der Waals surface area (Å²) < 4.78 is 68.6. The Kier molecular flexibility index (Phi) is 7.56. The van der Waals surface area contributed by atoms with Crippen molar-refractivity contribution in [2.24, 2.45) is 5.92 Å². The summed E-state index contributed by atoms with van der Waals surface area (Å²) in [4.78, 5) is 13.9. The number of likely N-dealkylation sites (N-methyl/N-ethyl adjacent to an activating group) is 1. The minimum Gasteiger partial charge on any atom is -0.341 e. The number of benzene rings is 1. The molecule has 0 aromatic heterocycles. The third kappa shape index (κ3) is 5.46. The highest BCUT2D eigenvalue weighted by molar-refractivity contribution is 7.89. The molecule has 32 heavy (non-hydrogen) atoms. The van der Waals surface area contributed by atoms with E-state index in [4.69, 9.17) is 0 Å². The van der Waals surface area contributed by atoms with Gasteiger partial charge < -0.3 is 10.2 Å². The smallest absolute Gasteiger partial charge is 0.341 e. The molecule has 3 rings (SSSR count). The second kappa shape index (κ2) is 9.69. The number of carbonyl (C=O) groups excluding carboxylic acids is 1. The summed E-state index contributed by atoms with van der Waals surface area (Å²) in [6.45, 7) is 4.86. The minimum atomic E-state index is -4.76. The van der Waals surface area contributed by atoms with E-state index in [1.54, 1.807) is 11.9 Å². The maximum Gasteiger partial charge on any atom is 0.417 e. The number of halogens is 3. The van der Waals surface area contributed by atoms with Crippen LogP contribution in [-0.4, -0.2) is 61.8 Å². The number of alkyl halides is 3. The normalized spacial score (nSPS) is 19.6. The largest absolute Gasteiger partial charge is 0.417 e. The van der Waals surface area contributed by atoms with Crippen LogP contribution in [0.25, 0.3) is 0 Å². The van der Waals surface area contributed by atoms with Crippen LogP contribution in [0, 0.1) is 5.92 Å². The van der Waals surface area contributed by atoms with Crippen molar-refractivity contribution in [2.75, 3.05) is 20.1 Å². The standard InChI is InChI=1S/C22H32F3N3O3S/c1-15(2)14-19(26-3)21(29)27-12-10-17(11-13-27)28(16-8-9-16)32(30,31)20-7-5-4-6-18(20)22(23,24)25/h4-7,15-17,19,26H,8-14H2,1-3H3. The molecule has 1 saturated heterocycles. The molecule has 1 atom stereocenters. The Balaban J connectivity index is 1.78. The SMILES string of the molecule is CNC(CC(C)C)C(=O)N1CCC(N(C2CC2)S(=O)(=O)c2ccccc2C(F)(F)F)CC1. The molecule has 1 unspecified atom stereocenters. The number of sulfonamides is 1. The van der Waals surface area contributed by atoms with Gasteiger partial charge in [-0.25, -0.2) is 8.42 Å². The molecule has 2 aliphatic rings. The van der Waals surface area contributed by atoms with Gasteiger partial charge in [0.05, 0.1) is 16.5 Å². The molecule has 1 aliphatic carbocycles. The van der Waals surface area contributed by atoms with Gasteiger partial charge >= 0.3 is 6.18 Å². The molecule has 1 aromatic rings. The molecule has 0 radical (unpaired) electrons. The van der Waals surface area contributed by atoms with Gasteiger partial charge in [-0.1, -0.05) is 26.0 Å². The number of piperidine rings is 1. The Bertz CT molecular complexity index is 908. The molecule has 180 valence electrons. The van der Waals surface area contributed by atoms with Crippen LogP contribution in [-0.2, 0) is 21.0 Å². The van der Waals surface area contributed by atoms with Gasteiger partial charge in [-0.05, 0) is 57.2 Å². The van der Waals surface area contributed by atoms with Gasteiger partial charge in [0.2, 0.25) is 15.9 Å². The predicted molar refractivity (Wildman–Crippen MR) is 115 cm³/mol. The first-order chi connectivity index (χ1) is 15.0. The molecule has 6 nitrogen and oxygen atoms in total. The number of nitrogens with one attached hydrogen (secondary N) is 1. The molecule has 1 N–H and O–H groups in total. The fourth-order valence-corrected chi connectivity index (χ4v) is 6.58. The van der Waals surface area contributed by atoms with Crippen molar-refractivity contribution in [3.8, 4) is 0 Å². The van der Waals surface area contributed by atoms with E-state index in [0.717, 1.165) is 12.1 Å². The van der Waals surface area contributed by atoms with Crippen molar-refractivity contribution >= 4 is 15.9 Å². The lowest BCUT2D eigenvalue weighted by atomic mass is 10.00. The summed E-state index contributed by atoms with van der Waals surface area (Å²) in [5.74, 6) is 0.334. The van der Waals surface area contributed by atoms with Gasteiger partial charge in [-0.2, -0.15) is 17.5 Å². The zero-order valence-electron chi connectivity index (χ0n) is 18.7. The topological polar surface area (TPSA) is 69.7 Å². The first kappa shape index (κ1) is 25.0. The number of likely N-dealkylation sites (tertiary alicyclic amines) is 1. The monoisotopic (exact) mass is 475 g/mol. The first-order valence-corrected chi connectivity index (χ1v) is 12.6. The van der Waals surface area contributed by atoms with Crippen LogP contribution in [0.15, 0.2) is 29.2 Å². The van der Waals surface area contributed by atoms with Crippen LogP contribution in [0.5, 0.6) is 0 Å². The van der Waals surface area contributed by atoms with E-state index in [9.17, 15) is 26.4 Å². The van der Waals surface area contributed by atoms with Gasteiger partial charge in [0.1, 0.15) is 0 Å². The van der Waals surface area contributed by atoms with Gasteiger partial charge in [0.15, 0.2) is 0 Å². The molecule has 2 fully saturated rings. The zero-order chi connectivity index (χ0) is 23.7. The molecule has 1 saturated carbocycles. The summed E-state index contributed by atoms with van der Waals surface area (Å²) in [6.07, 6.45) is -1.95. The molecule has 10 heteroatoms. The van der Waals surface area contributed by atoms with Crippen LogP contribution in [0.3, 0.4) is 0 Å². The fourth-order valence-electron chi connectivity index (χ4n) is 4.43. The van der Waals surface area contributed by atoms with Crippen LogP contribution < -0.4 is 5.32 Å². The number of hydrogen-bond acceptors (Lipinski definition) is 4. The first-order valence-electron chi connectivity index (χ1n) is 11.1. The fraction of sp³-hybridized carbons (Fsp3) is 0.682. The number of carbonyl (C=O) groups is 1. The van der Waals surface area contributed by atoms with Gasteiger partial charge in [0.25, 0.3) is 0 Å². The van der Waals surface area contributed by atoms with Crippen molar-refractivity contribution < 1.29 is 26.4 Å². The molecule has 1 amide bonds. The van der Waals surface area contributed by atoms with Crippen molar-refractivity contribution in [2.45, 2.75) is 75.1 Å².